The number of amides is 1. The van der Waals surface area contributed by atoms with Gasteiger partial charge in [0.05, 0.1) is 16.9 Å². The summed E-state index contributed by atoms with van der Waals surface area (Å²) in [5, 5.41) is 15.4. The first kappa shape index (κ1) is 15.5. The quantitative estimate of drug-likeness (QED) is 0.897. The lowest BCUT2D eigenvalue weighted by Gasteiger charge is -2.32. The second kappa shape index (κ2) is 5.87. The molecule has 1 aromatic rings. The van der Waals surface area contributed by atoms with E-state index in [0.717, 1.165) is 37.2 Å². The predicted octanol–water partition coefficient (Wildman–Crippen LogP) is 2.82. The number of carbonyl (C=O) groups is 1. The number of nitrogens with zero attached hydrogens (tertiary/aromatic N) is 1. The second-order valence-corrected chi connectivity index (χ2v) is 6.61. The van der Waals surface area contributed by atoms with Crippen LogP contribution >= 0.6 is 0 Å². The largest absolute Gasteiger partial charge is 0.326 e. The smallest absolute Gasteiger partial charge is 0.231 e. The Labute approximate surface area is 126 Å². The highest BCUT2D eigenvalue weighted by atomic mass is 16.2. The van der Waals surface area contributed by atoms with Crippen molar-refractivity contribution in [3.63, 3.8) is 0 Å². The molecule has 112 valence electrons. The molecule has 0 saturated carbocycles. The van der Waals surface area contributed by atoms with E-state index in [-0.39, 0.29) is 11.3 Å². The number of hydrogen-bond donors (Lipinski definition) is 2. The lowest BCUT2D eigenvalue weighted by Crippen LogP contribution is -2.46. The molecule has 1 amide bonds. The van der Waals surface area contributed by atoms with Gasteiger partial charge in [-0.15, -0.1) is 0 Å². The van der Waals surface area contributed by atoms with Crippen molar-refractivity contribution in [2.24, 2.45) is 5.41 Å². The van der Waals surface area contributed by atoms with Crippen molar-refractivity contribution < 1.29 is 4.79 Å². The SMILES string of the molecule is CC1(C(=O)Nc2ccc(C(C)(C)C#N)cc2)CCCNC1. The maximum atomic E-state index is 12.4. The number of rotatable bonds is 3. The van der Waals surface area contributed by atoms with Crippen LogP contribution in [0.25, 0.3) is 0 Å². The van der Waals surface area contributed by atoms with Crippen LogP contribution in [0, 0.1) is 16.7 Å². The molecule has 0 aromatic heterocycles. The molecule has 0 radical (unpaired) electrons. The number of nitriles is 1. The molecule has 0 spiro atoms. The van der Waals surface area contributed by atoms with Crippen LogP contribution in [0.1, 0.15) is 39.2 Å². The van der Waals surface area contributed by atoms with E-state index >= 15 is 0 Å². The van der Waals surface area contributed by atoms with E-state index in [4.69, 9.17) is 5.26 Å². The Balaban J connectivity index is 2.07. The molecule has 1 aliphatic rings. The fraction of sp³-hybridized carbons (Fsp3) is 0.529. The number of nitrogens with one attached hydrogen (secondary N) is 2. The summed E-state index contributed by atoms with van der Waals surface area (Å²) >= 11 is 0. The molecule has 0 aliphatic carbocycles. The fourth-order valence-electron chi connectivity index (χ4n) is 2.57. The maximum absolute atomic E-state index is 12.4. The zero-order chi connectivity index (χ0) is 15.5. The minimum absolute atomic E-state index is 0.0574. The topological polar surface area (TPSA) is 64.9 Å². The zero-order valence-electron chi connectivity index (χ0n) is 13.0. The summed E-state index contributed by atoms with van der Waals surface area (Å²) < 4.78 is 0. The number of piperidine rings is 1. The van der Waals surface area contributed by atoms with Crippen LogP contribution in [0.5, 0.6) is 0 Å². The molecule has 1 aromatic carbocycles. The van der Waals surface area contributed by atoms with Crippen molar-refractivity contribution in [1.29, 1.82) is 5.26 Å². The standard InChI is InChI=1S/C17H23N3O/c1-16(2,11-18)13-5-7-14(8-6-13)20-15(21)17(3)9-4-10-19-12-17/h5-8,19H,4,9-10,12H2,1-3H3,(H,20,21). The van der Waals surface area contributed by atoms with E-state index in [2.05, 4.69) is 16.7 Å². The molecule has 4 nitrogen and oxygen atoms in total. The molecular weight excluding hydrogens is 262 g/mol. The van der Waals surface area contributed by atoms with Crippen LogP contribution in [-0.2, 0) is 10.2 Å². The maximum Gasteiger partial charge on any atom is 0.231 e. The van der Waals surface area contributed by atoms with E-state index in [0.29, 0.717) is 0 Å². The second-order valence-electron chi connectivity index (χ2n) is 6.61. The third-order valence-electron chi connectivity index (χ3n) is 4.29. The summed E-state index contributed by atoms with van der Waals surface area (Å²) in [7, 11) is 0. The average molecular weight is 285 g/mol. The van der Waals surface area contributed by atoms with Gasteiger partial charge in [-0.05, 0) is 57.9 Å². The number of carbonyl (C=O) groups excluding carboxylic acids is 1. The Hall–Kier alpha value is -1.86. The first-order chi connectivity index (χ1) is 9.87. The van der Waals surface area contributed by atoms with Gasteiger partial charge in [-0.2, -0.15) is 5.26 Å². The third kappa shape index (κ3) is 3.43. The Morgan fingerprint density at radius 3 is 2.57 bits per heavy atom. The fourth-order valence-corrected chi connectivity index (χ4v) is 2.57. The first-order valence-electron chi connectivity index (χ1n) is 7.41. The van der Waals surface area contributed by atoms with Gasteiger partial charge < -0.3 is 10.6 Å². The number of benzene rings is 1. The number of hydrogen-bond acceptors (Lipinski definition) is 3. The monoisotopic (exact) mass is 285 g/mol. The molecule has 4 heteroatoms. The average Bonchev–Trinajstić information content (AvgIpc) is 2.48. The zero-order valence-corrected chi connectivity index (χ0v) is 13.0. The number of anilines is 1. The van der Waals surface area contributed by atoms with Gasteiger partial charge >= 0.3 is 0 Å². The highest BCUT2D eigenvalue weighted by Crippen LogP contribution is 2.28. The molecule has 2 N–H and O–H groups in total. The van der Waals surface area contributed by atoms with Crippen LogP contribution in [-0.4, -0.2) is 19.0 Å². The van der Waals surface area contributed by atoms with E-state index < -0.39 is 5.41 Å². The Bertz CT molecular complexity index is 548. The van der Waals surface area contributed by atoms with E-state index in [1.807, 2.05) is 45.0 Å². The van der Waals surface area contributed by atoms with Crippen LogP contribution < -0.4 is 10.6 Å². The highest BCUT2D eigenvalue weighted by molar-refractivity contribution is 5.95. The molecule has 1 aliphatic heterocycles. The predicted molar refractivity (Wildman–Crippen MR) is 83.9 cm³/mol. The van der Waals surface area contributed by atoms with Crippen LogP contribution in [0.15, 0.2) is 24.3 Å². The molecule has 0 bridgehead atoms. The summed E-state index contributed by atoms with van der Waals surface area (Å²) in [6, 6.07) is 9.82. The van der Waals surface area contributed by atoms with Gasteiger partial charge in [0.25, 0.3) is 0 Å². The van der Waals surface area contributed by atoms with E-state index in [9.17, 15) is 4.79 Å². The molecular formula is C17H23N3O. The summed E-state index contributed by atoms with van der Waals surface area (Å²) in [6.45, 7) is 7.48. The first-order valence-corrected chi connectivity index (χ1v) is 7.41. The molecule has 1 saturated heterocycles. The lowest BCUT2D eigenvalue weighted by molar-refractivity contribution is -0.125. The highest BCUT2D eigenvalue weighted by Gasteiger charge is 2.34. The van der Waals surface area contributed by atoms with Gasteiger partial charge in [-0.25, -0.2) is 0 Å². The lowest BCUT2D eigenvalue weighted by atomic mass is 9.82. The molecule has 21 heavy (non-hydrogen) atoms. The summed E-state index contributed by atoms with van der Waals surface area (Å²) in [6.07, 6.45) is 1.94. The van der Waals surface area contributed by atoms with Gasteiger partial charge in [-0.1, -0.05) is 12.1 Å². The van der Waals surface area contributed by atoms with Gasteiger partial charge in [0, 0.05) is 12.2 Å². The summed E-state index contributed by atoms with van der Waals surface area (Å²) in [5.74, 6) is 0.0574. The van der Waals surface area contributed by atoms with Crippen LogP contribution in [0.4, 0.5) is 5.69 Å². The molecule has 1 unspecified atom stereocenters. The van der Waals surface area contributed by atoms with E-state index in [1.54, 1.807) is 0 Å². The molecule has 1 fully saturated rings. The summed E-state index contributed by atoms with van der Waals surface area (Å²) in [4.78, 5) is 12.4. The molecule has 1 heterocycles. The minimum atomic E-state index is -0.512. The normalized spacial score (nSPS) is 22.4. The van der Waals surface area contributed by atoms with Crippen molar-refractivity contribution in [1.82, 2.24) is 5.32 Å². The molecule has 2 rings (SSSR count). The van der Waals surface area contributed by atoms with Crippen LogP contribution in [0.3, 0.4) is 0 Å². The Morgan fingerprint density at radius 2 is 2.05 bits per heavy atom. The summed E-state index contributed by atoms with van der Waals surface area (Å²) in [5.41, 5.74) is 0.878. The van der Waals surface area contributed by atoms with Crippen LogP contribution in [0.2, 0.25) is 0 Å². The van der Waals surface area contributed by atoms with Crippen molar-refractivity contribution in [2.45, 2.75) is 39.0 Å². The van der Waals surface area contributed by atoms with Gasteiger partial charge in [0.1, 0.15) is 0 Å². The van der Waals surface area contributed by atoms with Crippen molar-refractivity contribution in [2.75, 3.05) is 18.4 Å². The van der Waals surface area contributed by atoms with Crippen molar-refractivity contribution >= 4 is 11.6 Å². The van der Waals surface area contributed by atoms with Gasteiger partial charge in [0.15, 0.2) is 0 Å². The molecule has 1 atom stereocenters. The van der Waals surface area contributed by atoms with Gasteiger partial charge in [-0.3, -0.25) is 4.79 Å². The van der Waals surface area contributed by atoms with Crippen molar-refractivity contribution in [3.8, 4) is 6.07 Å². The van der Waals surface area contributed by atoms with Gasteiger partial charge in [0.2, 0.25) is 5.91 Å². The Kier molecular flexibility index (Phi) is 4.34. The Morgan fingerprint density at radius 1 is 1.38 bits per heavy atom. The van der Waals surface area contributed by atoms with E-state index in [1.165, 1.54) is 0 Å². The van der Waals surface area contributed by atoms with Crippen molar-refractivity contribution in [3.05, 3.63) is 29.8 Å². The third-order valence-corrected chi connectivity index (χ3v) is 4.29. The minimum Gasteiger partial charge on any atom is -0.326 e.